The Kier molecular flexibility index (Phi) is 4.54. The van der Waals surface area contributed by atoms with E-state index in [-0.39, 0.29) is 24.9 Å². The van der Waals surface area contributed by atoms with Gasteiger partial charge >= 0.3 is 0 Å². The van der Waals surface area contributed by atoms with E-state index in [0.29, 0.717) is 25.2 Å². The molecule has 9 heteroatoms. The van der Waals surface area contributed by atoms with E-state index in [9.17, 15) is 13.2 Å². The average Bonchev–Trinajstić information content (AvgIpc) is 2.97. The molecule has 0 bridgehead atoms. The molecule has 0 spiro atoms. The first-order chi connectivity index (χ1) is 11.4. The van der Waals surface area contributed by atoms with Crippen molar-refractivity contribution in [3.8, 4) is 11.1 Å². The molecule has 25 heavy (non-hydrogen) atoms. The first-order valence-electron chi connectivity index (χ1n) is 7.59. The minimum Gasteiger partial charge on any atom is -0.310 e. The number of hydrogen-bond donors (Lipinski definition) is 2. The van der Waals surface area contributed by atoms with Gasteiger partial charge in [0.25, 0.3) is 10.2 Å². The fourth-order valence-electron chi connectivity index (χ4n) is 3.27. The topological polar surface area (TPSA) is 105 Å². The van der Waals surface area contributed by atoms with E-state index in [2.05, 4.69) is 10.3 Å². The number of nitrogens with two attached hydrogens (primary N) is 1. The summed E-state index contributed by atoms with van der Waals surface area (Å²) in [4.78, 5) is 15.8. The molecule has 0 atom stereocenters. The van der Waals surface area contributed by atoms with Crippen molar-refractivity contribution < 1.29 is 13.2 Å². The summed E-state index contributed by atoms with van der Waals surface area (Å²) in [6.45, 7) is 0.588. The molecule has 7 nitrogen and oxygen atoms in total. The Morgan fingerprint density at radius 1 is 1.12 bits per heavy atom. The van der Waals surface area contributed by atoms with Crippen LogP contribution < -0.4 is 10.5 Å². The molecule has 2 aliphatic heterocycles. The molecule has 3 N–H and O–H groups in total. The van der Waals surface area contributed by atoms with Crippen LogP contribution in [-0.2, 0) is 34.5 Å². The summed E-state index contributed by atoms with van der Waals surface area (Å²) < 4.78 is 24.3. The summed E-state index contributed by atoms with van der Waals surface area (Å²) >= 11 is 0. The van der Waals surface area contributed by atoms with Crippen molar-refractivity contribution in [2.45, 2.75) is 25.9 Å². The van der Waals surface area contributed by atoms with E-state index < -0.39 is 10.2 Å². The smallest absolute Gasteiger partial charge is 0.277 e. The highest BCUT2D eigenvalue weighted by molar-refractivity contribution is 7.86. The Hall–Kier alpha value is -2.00. The minimum absolute atomic E-state index is 0. The Morgan fingerprint density at radius 3 is 2.64 bits per heavy atom. The van der Waals surface area contributed by atoms with E-state index >= 15 is 0 Å². The number of amides is 1. The number of benzene rings is 1. The molecule has 0 saturated heterocycles. The largest absolute Gasteiger partial charge is 0.310 e. The molecule has 1 aromatic carbocycles. The Morgan fingerprint density at radius 2 is 1.88 bits per heavy atom. The van der Waals surface area contributed by atoms with Crippen LogP contribution in [-0.4, -0.2) is 23.6 Å². The van der Waals surface area contributed by atoms with Crippen LogP contribution >= 0.6 is 12.4 Å². The van der Waals surface area contributed by atoms with E-state index in [0.717, 1.165) is 27.8 Å². The van der Waals surface area contributed by atoms with Crippen LogP contribution in [0.5, 0.6) is 0 Å². The van der Waals surface area contributed by atoms with Gasteiger partial charge in [-0.25, -0.2) is 10.1 Å². The molecule has 0 saturated carbocycles. The zero-order valence-electron chi connectivity index (χ0n) is 13.2. The van der Waals surface area contributed by atoms with Crippen molar-refractivity contribution >= 4 is 34.3 Å². The summed E-state index contributed by atoms with van der Waals surface area (Å²) in [7, 11) is -3.69. The molecule has 1 amide bonds. The van der Waals surface area contributed by atoms with Gasteiger partial charge in [0, 0.05) is 31.3 Å². The number of carbonyl (C=O) groups is 1. The van der Waals surface area contributed by atoms with Gasteiger partial charge in [0.1, 0.15) is 5.82 Å². The predicted molar refractivity (Wildman–Crippen MR) is 96.2 cm³/mol. The van der Waals surface area contributed by atoms with Gasteiger partial charge < -0.3 is 5.32 Å². The fraction of sp³-hybridized carbons (Fsp3) is 0.250. The Balaban J connectivity index is 0.00000182. The van der Waals surface area contributed by atoms with Gasteiger partial charge in [0.2, 0.25) is 5.91 Å². The molecule has 0 radical (unpaired) electrons. The summed E-state index contributed by atoms with van der Waals surface area (Å²) in [5.41, 5.74) is 4.92. The van der Waals surface area contributed by atoms with Gasteiger partial charge in [-0.1, -0.05) is 12.1 Å². The summed E-state index contributed by atoms with van der Waals surface area (Å²) in [6.07, 6.45) is 2.75. The van der Waals surface area contributed by atoms with Crippen LogP contribution in [0, 0.1) is 0 Å². The van der Waals surface area contributed by atoms with Crippen molar-refractivity contribution in [2.24, 2.45) is 5.14 Å². The number of fused-ring (bicyclic) bond motifs is 2. The molecule has 4 rings (SSSR count). The number of aromatic nitrogens is 1. The van der Waals surface area contributed by atoms with Gasteiger partial charge in [-0.2, -0.15) is 12.7 Å². The van der Waals surface area contributed by atoms with Crippen molar-refractivity contribution in [2.75, 3.05) is 5.32 Å². The van der Waals surface area contributed by atoms with E-state index in [1.807, 2.05) is 24.3 Å². The average molecular weight is 381 g/mol. The molecule has 0 fully saturated rings. The van der Waals surface area contributed by atoms with E-state index in [1.165, 1.54) is 4.31 Å². The molecule has 1 aromatic heterocycles. The second-order valence-corrected chi connectivity index (χ2v) is 7.58. The van der Waals surface area contributed by atoms with Gasteiger partial charge in [-0.05, 0) is 40.8 Å². The highest BCUT2D eigenvalue weighted by atomic mass is 35.5. The standard InChI is InChI=1S/C16H16N4O3S.ClH/c17-24(22,23)20-8-11-2-1-10(7-12(11)9-20)13-5-6-18-16-14(13)3-4-15(21)19-16;/h1-2,5-7H,3-4,8-9H2,(H2,17,22,23)(H,18,19,21);1H. The quantitative estimate of drug-likeness (QED) is 0.824. The lowest BCUT2D eigenvalue weighted by Gasteiger charge is -2.19. The zero-order valence-corrected chi connectivity index (χ0v) is 14.9. The number of pyridine rings is 1. The zero-order chi connectivity index (χ0) is 16.9. The molecule has 3 heterocycles. The summed E-state index contributed by atoms with van der Waals surface area (Å²) in [5, 5.41) is 8.02. The fourth-order valence-corrected chi connectivity index (χ4v) is 3.91. The second kappa shape index (κ2) is 6.38. The number of carbonyl (C=O) groups excluding carboxylic acids is 1. The van der Waals surface area contributed by atoms with Crippen LogP contribution in [0.25, 0.3) is 11.1 Å². The predicted octanol–water partition coefficient (Wildman–Crippen LogP) is 1.57. The van der Waals surface area contributed by atoms with Crippen molar-refractivity contribution in [1.82, 2.24) is 9.29 Å². The molecule has 2 aliphatic rings. The van der Waals surface area contributed by atoms with Crippen molar-refractivity contribution in [1.29, 1.82) is 0 Å². The van der Waals surface area contributed by atoms with Gasteiger partial charge in [0.05, 0.1) is 0 Å². The third-order valence-electron chi connectivity index (χ3n) is 4.49. The number of nitrogens with one attached hydrogen (secondary N) is 1. The number of anilines is 1. The second-order valence-electron chi connectivity index (χ2n) is 6.03. The molecular weight excluding hydrogens is 364 g/mol. The monoisotopic (exact) mass is 380 g/mol. The molecule has 0 unspecified atom stereocenters. The van der Waals surface area contributed by atoms with Crippen LogP contribution in [0.4, 0.5) is 5.82 Å². The maximum Gasteiger partial charge on any atom is 0.277 e. The van der Waals surface area contributed by atoms with Crippen molar-refractivity contribution in [3.63, 3.8) is 0 Å². The Bertz CT molecular complexity index is 962. The van der Waals surface area contributed by atoms with Gasteiger partial charge in [-0.15, -0.1) is 12.4 Å². The number of hydrogen-bond acceptors (Lipinski definition) is 4. The molecular formula is C16H17ClN4O3S. The summed E-state index contributed by atoms with van der Waals surface area (Å²) in [5.74, 6) is 0.584. The van der Waals surface area contributed by atoms with Crippen LogP contribution in [0.1, 0.15) is 23.1 Å². The molecule has 0 aliphatic carbocycles. The number of rotatable bonds is 2. The number of halogens is 1. The lowest BCUT2D eigenvalue weighted by atomic mass is 9.94. The highest BCUT2D eigenvalue weighted by Crippen LogP contribution is 2.34. The van der Waals surface area contributed by atoms with E-state index in [4.69, 9.17) is 5.14 Å². The maximum absolute atomic E-state index is 11.5. The summed E-state index contributed by atoms with van der Waals surface area (Å²) in [6, 6.07) is 7.82. The number of nitrogens with zero attached hydrogens (tertiary/aromatic N) is 2. The highest BCUT2D eigenvalue weighted by Gasteiger charge is 2.27. The SMILES string of the molecule is Cl.NS(=O)(=O)N1Cc2ccc(-c3ccnc4c3CCC(=O)N4)cc2C1. The lowest BCUT2D eigenvalue weighted by molar-refractivity contribution is -0.116. The van der Waals surface area contributed by atoms with Crippen molar-refractivity contribution in [3.05, 3.63) is 47.2 Å². The normalized spacial score (nSPS) is 16.6. The first kappa shape index (κ1) is 17.8. The molecule has 132 valence electrons. The molecule has 2 aromatic rings. The lowest BCUT2D eigenvalue weighted by Crippen LogP contribution is -2.32. The third-order valence-corrected chi connectivity index (χ3v) is 5.46. The van der Waals surface area contributed by atoms with Crippen LogP contribution in [0.15, 0.2) is 30.5 Å². The first-order valence-corrected chi connectivity index (χ1v) is 9.10. The van der Waals surface area contributed by atoms with Crippen LogP contribution in [0.2, 0.25) is 0 Å². The van der Waals surface area contributed by atoms with Crippen LogP contribution in [0.3, 0.4) is 0 Å². The Labute approximate surface area is 151 Å². The van der Waals surface area contributed by atoms with Gasteiger partial charge in [-0.3, -0.25) is 4.79 Å². The minimum atomic E-state index is -3.69. The maximum atomic E-state index is 11.5. The third kappa shape index (κ3) is 3.25. The van der Waals surface area contributed by atoms with E-state index in [1.54, 1.807) is 6.20 Å². The van der Waals surface area contributed by atoms with Gasteiger partial charge in [0.15, 0.2) is 0 Å².